The largest absolute Gasteiger partial charge is 0.311 e. The van der Waals surface area contributed by atoms with Crippen LogP contribution in [0.25, 0.3) is 0 Å². The highest BCUT2D eigenvalue weighted by molar-refractivity contribution is 5.85. The third-order valence-electron chi connectivity index (χ3n) is 3.55. The van der Waals surface area contributed by atoms with Gasteiger partial charge < -0.3 is 5.32 Å². The van der Waals surface area contributed by atoms with E-state index in [1.165, 1.54) is 32.1 Å². The Bertz CT molecular complexity index is 195. The van der Waals surface area contributed by atoms with Crippen molar-refractivity contribution in [3.63, 3.8) is 0 Å². The number of nitrogens with one attached hydrogen (secondary N) is 1. The molecule has 0 unspecified atom stereocenters. The molecule has 0 spiro atoms. The topological polar surface area (TPSA) is 29.1 Å². The number of hydrogen-bond donors (Lipinski definition) is 1. The van der Waals surface area contributed by atoms with Crippen molar-refractivity contribution < 1.29 is 4.79 Å². The summed E-state index contributed by atoms with van der Waals surface area (Å²) in [5, 5.41) is 3.18. The zero-order valence-electron chi connectivity index (χ0n) is 10.4. The molecule has 1 rings (SSSR count). The first-order valence-corrected chi connectivity index (χ1v) is 6.36. The van der Waals surface area contributed by atoms with Crippen LogP contribution in [0.15, 0.2) is 0 Å². The molecule has 15 heavy (non-hydrogen) atoms. The van der Waals surface area contributed by atoms with E-state index in [2.05, 4.69) is 5.32 Å². The average molecular weight is 211 g/mol. The molecule has 0 saturated heterocycles. The molecule has 0 radical (unpaired) electrons. The zero-order chi connectivity index (χ0) is 11.3. The lowest BCUT2D eigenvalue weighted by atomic mass is 9.83. The zero-order valence-corrected chi connectivity index (χ0v) is 10.4. The number of likely N-dealkylation sites (N-methyl/N-ethyl adjacent to an activating group) is 1. The molecule has 2 nitrogen and oxygen atoms in total. The summed E-state index contributed by atoms with van der Waals surface area (Å²) in [4.78, 5) is 11.9. The minimum absolute atomic E-state index is 0.0908. The van der Waals surface area contributed by atoms with E-state index in [9.17, 15) is 4.79 Å². The van der Waals surface area contributed by atoms with Crippen molar-refractivity contribution >= 4 is 5.78 Å². The Morgan fingerprint density at radius 2 is 1.87 bits per heavy atom. The number of ketones is 1. The Hall–Kier alpha value is -0.370. The molecule has 0 amide bonds. The summed E-state index contributed by atoms with van der Waals surface area (Å²) in [7, 11) is 1.91. The molecular weight excluding hydrogens is 186 g/mol. The van der Waals surface area contributed by atoms with Crippen LogP contribution in [-0.2, 0) is 4.79 Å². The molecule has 1 aliphatic carbocycles. The highest BCUT2D eigenvalue weighted by Crippen LogP contribution is 2.27. The molecule has 1 saturated carbocycles. The minimum atomic E-state index is 0.0908. The maximum absolute atomic E-state index is 11.9. The van der Waals surface area contributed by atoms with E-state index in [0.29, 0.717) is 5.78 Å². The van der Waals surface area contributed by atoms with Gasteiger partial charge in [0.05, 0.1) is 6.04 Å². The van der Waals surface area contributed by atoms with Gasteiger partial charge in [-0.2, -0.15) is 0 Å². The fourth-order valence-corrected chi connectivity index (χ4v) is 2.53. The van der Waals surface area contributed by atoms with Gasteiger partial charge in [0.25, 0.3) is 0 Å². The maximum Gasteiger partial charge on any atom is 0.152 e. The lowest BCUT2D eigenvalue weighted by Gasteiger charge is -2.26. The van der Waals surface area contributed by atoms with E-state index < -0.39 is 0 Å². The van der Waals surface area contributed by atoms with Crippen molar-refractivity contribution in [1.82, 2.24) is 5.32 Å². The smallest absolute Gasteiger partial charge is 0.152 e. The number of rotatable bonds is 5. The van der Waals surface area contributed by atoms with Crippen LogP contribution in [0.4, 0.5) is 0 Å². The van der Waals surface area contributed by atoms with Crippen LogP contribution in [0, 0.1) is 11.8 Å². The summed E-state index contributed by atoms with van der Waals surface area (Å²) in [5.41, 5.74) is 0. The van der Waals surface area contributed by atoms with E-state index >= 15 is 0 Å². The lowest BCUT2D eigenvalue weighted by Crippen LogP contribution is -2.38. The Kier molecular flexibility index (Phi) is 5.30. The van der Waals surface area contributed by atoms with E-state index in [1.807, 2.05) is 20.9 Å². The van der Waals surface area contributed by atoms with Gasteiger partial charge in [0, 0.05) is 5.92 Å². The van der Waals surface area contributed by atoms with Gasteiger partial charge >= 0.3 is 0 Å². The van der Waals surface area contributed by atoms with Crippen LogP contribution in [-0.4, -0.2) is 18.9 Å². The molecule has 0 heterocycles. The number of hydrogen-bond acceptors (Lipinski definition) is 2. The number of Topliss-reactive ketones (excluding diaryl/α,β-unsaturated/α-hetero) is 1. The Morgan fingerprint density at radius 3 is 2.33 bits per heavy atom. The van der Waals surface area contributed by atoms with Crippen LogP contribution < -0.4 is 5.32 Å². The monoisotopic (exact) mass is 211 g/mol. The summed E-state index contributed by atoms with van der Waals surface area (Å²) in [6.45, 7) is 3.99. The normalized spacial score (nSPS) is 20.5. The Labute approximate surface area is 93.8 Å². The SMILES string of the molecule is CN[C@@H](CC1CCCCC1)C(=O)C(C)C. The van der Waals surface area contributed by atoms with Gasteiger partial charge in [-0.15, -0.1) is 0 Å². The fraction of sp³-hybridized carbons (Fsp3) is 0.923. The van der Waals surface area contributed by atoms with Crippen molar-refractivity contribution in [2.45, 2.75) is 58.4 Å². The van der Waals surface area contributed by atoms with Gasteiger partial charge in [-0.3, -0.25) is 4.79 Å². The van der Waals surface area contributed by atoms with E-state index in [1.54, 1.807) is 0 Å². The van der Waals surface area contributed by atoms with Crippen molar-refractivity contribution in [2.24, 2.45) is 11.8 Å². The molecule has 2 heteroatoms. The molecule has 0 aromatic heterocycles. The second kappa shape index (κ2) is 6.26. The third kappa shape index (κ3) is 3.94. The second-order valence-electron chi connectivity index (χ2n) is 5.14. The maximum atomic E-state index is 11.9. The van der Waals surface area contributed by atoms with Crippen LogP contribution in [0.2, 0.25) is 0 Å². The number of carbonyl (C=O) groups excluding carboxylic acids is 1. The minimum Gasteiger partial charge on any atom is -0.311 e. The molecule has 0 aromatic rings. The van der Waals surface area contributed by atoms with Gasteiger partial charge in [-0.1, -0.05) is 46.0 Å². The number of carbonyl (C=O) groups is 1. The van der Waals surface area contributed by atoms with Crippen LogP contribution in [0.3, 0.4) is 0 Å². The Balaban J connectivity index is 2.41. The highest BCUT2D eigenvalue weighted by Gasteiger charge is 2.24. The van der Waals surface area contributed by atoms with Gasteiger partial charge in [0.2, 0.25) is 0 Å². The van der Waals surface area contributed by atoms with Gasteiger partial charge in [-0.25, -0.2) is 0 Å². The van der Waals surface area contributed by atoms with Gasteiger partial charge in [0.15, 0.2) is 5.78 Å². The van der Waals surface area contributed by atoms with E-state index in [0.717, 1.165) is 12.3 Å². The summed E-state index contributed by atoms with van der Waals surface area (Å²) in [5.74, 6) is 1.31. The van der Waals surface area contributed by atoms with Crippen LogP contribution in [0.1, 0.15) is 52.4 Å². The molecule has 1 atom stereocenters. The molecule has 88 valence electrons. The van der Waals surface area contributed by atoms with Crippen molar-refractivity contribution in [2.75, 3.05) is 7.05 Å². The highest BCUT2D eigenvalue weighted by atomic mass is 16.1. The third-order valence-corrected chi connectivity index (χ3v) is 3.55. The fourth-order valence-electron chi connectivity index (χ4n) is 2.53. The van der Waals surface area contributed by atoms with E-state index in [-0.39, 0.29) is 12.0 Å². The molecule has 1 fully saturated rings. The summed E-state index contributed by atoms with van der Waals surface area (Å²) in [6.07, 6.45) is 7.80. The molecule has 0 bridgehead atoms. The van der Waals surface area contributed by atoms with Crippen molar-refractivity contribution in [3.05, 3.63) is 0 Å². The first-order chi connectivity index (χ1) is 7.15. The van der Waals surface area contributed by atoms with Crippen molar-refractivity contribution in [1.29, 1.82) is 0 Å². The predicted molar refractivity (Wildman–Crippen MR) is 63.9 cm³/mol. The van der Waals surface area contributed by atoms with Crippen molar-refractivity contribution in [3.8, 4) is 0 Å². The second-order valence-corrected chi connectivity index (χ2v) is 5.14. The molecule has 1 aliphatic rings. The van der Waals surface area contributed by atoms with Gasteiger partial charge in [-0.05, 0) is 19.4 Å². The summed E-state index contributed by atoms with van der Waals surface area (Å²) >= 11 is 0. The first kappa shape index (κ1) is 12.7. The molecule has 0 aromatic carbocycles. The molecular formula is C13H25NO. The average Bonchev–Trinajstić information content (AvgIpc) is 2.26. The first-order valence-electron chi connectivity index (χ1n) is 6.36. The predicted octanol–water partition coefficient (Wildman–Crippen LogP) is 2.77. The summed E-state index contributed by atoms with van der Waals surface area (Å²) in [6, 6.07) is 0.0908. The molecule has 0 aliphatic heterocycles. The van der Waals surface area contributed by atoms with Crippen LogP contribution >= 0.6 is 0 Å². The Morgan fingerprint density at radius 1 is 1.27 bits per heavy atom. The van der Waals surface area contributed by atoms with Crippen LogP contribution in [0.5, 0.6) is 0 Å². The lowest BCUT2D eigenvalue weighted by molar-refractivity contribution is -0.124. The quantitative estimate of drug-likeness (QED) is 0.757. The standard InChI is InChI=1S/C13H25NO/c1-10(2)13(15)12(14-3)9-11-7-5-4-6-8-11/h10-12,14H,4-9H2,1-3H3/t12-/m0/s1. The molecule has 1 N–H and O–H groups in total. The van der Waals surface area contributed by atoms with Gasteiger partial charge in [0.1, 0.15) is 0 Å². The van der Waals surface area contributed by atoms with E-state index in [4.69, 9.17) is 0 Å². The summed E-state index contributed by atoms with van der Waals surface area (Å²) < 4.78 is 0.